The maximum atomic E-state index is 10.5. The summed E-state index contributed by atoms with van der Waals surface area (Å²) in [6, 6.07) is 15.3. The van der Waals surface area contributed by atoms with Crippen molar-refractivity contribution in [2.45, 2.75) is 37.0 Å². The number of aliphatic hydroxyl groups excluding tert-OH is 3. The van der Waals surface area contributed by atoms with Crippen LogP contribution in [0.4, 0.5) is 5.82 Å². The van der Waals surface area contributed by atoms with Gasteiger partial charge in [0.15, 0.2) is 23.2 Å². The molecule has 2 aromatic carbocycles. The Bertz CT molecular complexity index is 1320. The maximum absolute atomic E-state index is 10.5. The SMILES string of the molecule is NCc1nc(NCC(c2ccc(Cl)cc2)c2ccc(Cl)cc2)c2ncn([C@@H]3O[C@H](CO)[C@@H](O)[C@H]3O)c2n1. The number of hydrogen-bond donors (Lipinski definition) is 5. The predicted octanol–water partition coefficient (Wildman–Crippen LogP) is 2.45. The summed E-state index contributed by atoms with van der Waals surface area (Å²) in [5.41, 5.74) is 8.79. The molecule has 3 heterocycles. The molecule has 1 fully saturated rings. The number of hydrogen-bond acceptors (Lipinski definition) is 9. The van der Waals surface area contributed by atoms with Gasteiger partial charge in [-0.05, 0) is 35.4 Å². The van der Waals surface area contributed by atoms with Crippen LogP contribution in [-0.2, 0) is 11.3 Å². The van der Waals surface area contributed by atoms with Gasteiger partial charge in [-0.15, -0.1) is 0 Å². The first-order valence-electron chi connectivity index (χ1n) is 11.7. The average molecular weight is 545 g/mol. The van der Waals surface area contributed by atoms with Gasteiger partial charge in [0.2, 0.25) is 0 Å². The number of nitrogens with two attached hydrogens (primary N) is 1. The summed E-state index contributed by atoms with van der Waals surface area (Å²) in [7, 11) is 0. The van der Waals surface area contributed by atoms with Crippen molar-refractivity contribution >= 4 is 40.2 Å². The number of aromatic nitrogens is 4. The molecule has 0 aliphatic carbocycles. The summed E-state index contributed by atoms with van der Waals surface area (Å²) in [6.07, 6.45) is -2.98. The van der Waals surface area contributed by atoms with Crippen molar-refractivity contribution in [1.82, 2.24) is 19.5 Å². The van der Waals surface area contributed by atoms with Crippen molar-refractivity contribution < 1.29 is 20.1 Å². The highest BCUT2D eigenvalue weighted by molar-refractivity contribution is 6.30. The van der Waals surface area contributed by atoms with E-state index in [0.29, 0.717) is 39.4 Å². The molecule has 6 N–H and O–H groups in total. The molecule has 37 heavy (non-hydrogen) atoms. The molecule has 12 heteroatoms. The summed E-state index contributed by atoms with van der Waals surface area (Å²) in [4.78, 5) is 13.5. The summed E-state index contributed by atoms with van der Waals surface area (Å²) in [6.45, 7) is 0.0949. The Balaban J connectivity index is 1.49. The third-order valence-corrected chi connectivity index (χ3v) is 6.96. The number of aliphatic hydroxyl groups is 3. The molecule has 0 bridgehead atoms. The van der Waals surface area contributed by atoms with Gasteiger partial charge in [-0.2, -0.15) is 0 Å². The van der Waals surface area contributed by atoms with E-state index in [0.717, 1.165) is 11.1 Å². The van der Waals surface area contributed by atoms with Crippen molar-refractivity contribution in [2.24, 2.45) is 5.73 Å². The lowest BCUT2D eigenvalue weighted by Crippen LogP contribution is -2.33. The summed E-state index contributed by atoms with van der Waals surface area (Å²) < 4.78 is 7.19. The predicted molar refractivity (Wildman–Crippen MR) is 139 cm³/mol. The highest BCUT2D eigenvalue weighted by Gasteiger charge is 2.44. The lowest BCUT2D eigenvalue weighted by Gasteiger charge is -2.20. The molecule has 10 nitrogen and oxygen atoms in total. The van der Waals surface area contributed by atoms with Crippen LogP contribution in [-0.4, -0.2) is 66.3 Å². The number of nitrogens with one attached hydrogen (secondary N) is 1. The minimum atomic E-state index is -1.28. The van der Waals surface area contributed by atoms with Crippen molar-refractivity contribution in [3.8, 4) is 0 Å². The van der Waals surface area contributed by atoms with Crippen LogP contribution < -0.4 is 11.1 Å². The molecule has 1 aliphatic rings. The Morgan fingerprint density at radius 2 is 1.59 bits per heavy atom. The molecule has 0 spiro atoms. The first-order valence-corrected chi connectivity index (χ1v) is 12.5. The van der Waals surface area contributed by atoms with Gasteiger partial charge >= 0.3 is 0 Å². The molecule has 0 radical (unpaired) electrons. The Morgan fingerprint density at radius 3 is 2.14 bits per heavy atom. The van der Waals surface area contributed by atoms with Crippen molar-refractivity contribution in [3.05, 3.63) is 81.9 Å². The molecule has 5 rings (SSSR count). The van der Waals surface area contributed by atoms with Crippen molar-refractivity contribution in [1.29, 1.82) is 0 Å². The highest BCUT2D eigenvalue weighted by Crippen LogP contribution is 2.33. The Labute approximate surface area is 222 Å². The van der Waals surface area contributed by atoms with Crippen LogP contribution in [0, 0.1) is 0 Å². The van der Waals surface area contributed by atoms with E-state index in [1.165, 1.54) is 10.9 Å². The van der Waals surface area contributed by atoms with Crippen molar-refractivity contribution in [2.75, 3.05) is 18.5 Å². The number of ether oxygens (including phenoxy) is 1. The molecule has 0 amide bonds. The number of benzene rings is 2. The van der Waals surface area contributed by atoms with Gasteiger partial charge in [-0.25, -0.2) is 15.0 Å². The smallest absolute Gasteiger partial charge is 0.168 e. The molecule has 4 atom stereocenters. The van der Waals surface area contributed by atoms with Crippen LogP contribution in [0.5, 0.6) is 0 Å². The quantitative estimate of drug-likeness (QED) is 0.225. The molecular weight excluding hydrogens is 519 g/mol. The lowest BCUT2D eigenvalue weighted by molar-refractivity contribution is -0.0511. The van der Waals surface area contributed by atoms with E-state index in [-0.39, 0.29) is 12.5 Å². The normalized spacial score (nSPS) is 21.7. The monoisotopic (exact) mass is 544 g/mol. The fourth-order valence-electron chi connectivity index (χ4n) is 4.49. The van der Waals surface area contributed by atoms with E-state index in [4.69, 9.17) is 33.7 Å². The molecule has 1 aliphatic heterocycles. The van der Waals surface area contributed by atoms with Crippen LogP contribution in [0.1, 0.15) is 29.1 Å². The number of nitrogens with zero attached hydrogens (tertiary/aromatic N) is 4. The lowest BCUT2D eigenvalue weighted by atomic mass is 9.91. The minimum absolute atomic E-state index is 0.0663. The zero-order valence-electron chi connectivity index (χ0n) is 19.6. The fraction of sp³-hybridized carbons (Fsp3) is 0.320. The van der Waals surface area contributed by atoms with Gasteiger partial charge < -0.3 is 31.1 Å². The summed E-state index contributed by atoms with van der Waals surface area (Å²) >= 11 is 12.2. The second kappa shape index (κ2) is 10.9. The highest BCUT2D eigenvalue weighted by atomic mass is 35.5. The number of anilines is 1. The van der Waals surface area contributed by atoms with Gasteiger partial charge in [0.1, 0.15) is 24.1 Å². The van der Waals surface area contributed by atoms with Crippen molar-refractivity contribution in [3.63, 3.8) is 0 Å². The van der Waals surface area contributed by atoms with Gasteiger partial charge in [-0.3, -0.25) is 4.57 Å². The largest absolute Gasteiger partial charge is 0.394 e. The first kappa shape index (κ1) is 25.8. The average Bonchev–Trinajstić information content (AvgIpc) is 3.46. The summed E-state index contributed by atoms with van der Waals surface area (Å²) in [5.74, 6) is 0.755. The number of fused-ring (bicyclic) bond motifs is 1. The molecule has 2 aromatic heterocycles. The zero-order valence-corrected chi connectivity index (χ0v) is 21.1. The van der Waals surface area contributed by atoms with Gasteiger partial charge in [0.05, 0.1) is 19.5 Å². The molecule has 0 saturated carbocycles. The third-order valence-electron chi connectivity index (χ3n) is 6.46. The topological polar surface area (TPSA) is 152 Å². The third kappa shape index (κ3) is 5.14. The zero-order chi connectivity index (χ0) is 26.1. The van der Waals surface area contributed by atoms with E-state index < -0.39 is 31.1 Å². The van der Waals surface area contributed by atoms with E-state index in [1.807, 2.05) is 48.5 Å². The number of halogens is 2. The van der Waals surface area contributed by atoms with Crippen LogP contribution in [0.15, 0.2) is 54.9 Å². The fourth-order valence-corrected chi connectivity index (χ4v) is 4.74. The van der Waals surface area contributed by atoms with E-state index in [1.54, 1.807) is 0 Å². The molecular formula is C25H26Cl2N6O4. The molecule has 1 saturated heterocycles. The van der Waals surface area contributed by atoms with Gasteiger partial charge in [-0.1, -0.05) is 47.5 Å². The van der Waals surface area contributed by atoms with E-state index in [2.05, 4.69) is 20.3 Å². The summed E-state index contributed by atoms with van der Waals surface area (Å²) in [5, 5.41) is 34.9. The standard InChI is InChI=1S/C25H26Cl2N6O4/c26-15-5-1-13(2-6-15)17(14-3-7-16(27)8-4-14)10-29-23-20-24(32-19(9-28)31-23)33(12-30-20)25-22(36)21(35)18(11-34)37-25/h1-8,12,17-18,21-22,25,34-36H,9-11,28H2,(H,29,31,32)/t18-,21-,22-,25-/m1/s1. The molecule has 4 aromatic rings. The minimum Gasteiger partial charge on any atom is -0.394 e. The Morgan fingerprint density at radius 1 is 0.973 bits per heavy atom. The number of imidazole rings is 1. The number of rotatable bonds is 8. The van der Waals surface area contributed by atoms with Gasteiger partial charge in [0.25, 0.3) is 0 Å². The van der Waals surface area contributed by atoms with Crippen LogP contribution in [0.3, 0.4) is 0 Å². The maximum Gasteiger partial charge on any atom is 0.168 e. The Kier molecular flexibility index (Phi) is 7.59. The second-order valence-corrected chi connectivity index (χ2v) is 9.65. The molecule has 194 valence electrons. The molecule has 0 unspecified atom stereocenters. The van der Waals surface area contributed by atoms with Gasteiger partial charge in [0, 0.05) is 22.5 Å². The van der Waals surface area contributed by atoms with E-state index >= 15 is 0 Å². The van der Waals surface area contributed by atoms with E-state index in [9.17, 15) is 15.3 Å². The van der Waals surface area contributed by atoms with Crippen LogP contribution in [0.25, 0.3) is 11.2 Å². The Hall–Kier alpha value is -2.83. The first-order chi connectivity index (χ1) is 17.9. The second-order valence-electron chi connectivity index (χ2n) is 8.78. The van der Waals surface area contributed by atoms with Crippen LogP contribution in [0.2, 0.25) is 10.0 Å². The van der Waals surface area contributed by atoms with Crippen LogP contribution >= 0.6 is 23.2 Å².